The smallest absolute Gasteiger partial charge is 0.324 e. The maximum atomic E-state index is 12.1. The van der Waals surface area contributed by atoms with Crippen LogP contribution in [0.15, 0.2) is 24.3 Å². The first-order valence-electron chi connectivity index (χ1n) is 7.88. The van der Waals surface area contributed by atoms with Gasteiger partial charge >= 0.3 is 6.03 Å². The van der Waals surface area contributed by atoms with Gasteiger partial charge in [0.2, 0.25) is 0 Å². The van der Waals surface area contributed by atoms with Crippen molar-refractivity contribution >= 4 is 23.2 Å². The monoisotopic (exact) mass is 315 g/mol. The van der Waals surface area contributed by atoms with Crippen molar-refractivity contribution in [2.45, 2.75) is 27.7 Å². The molecule has 23 heavy (non-hydrogen) atoms. The van der Waals surface area contributed by atoms with Gasteiger partial charge in [-0.2, -0.15) is 5.10 Å². The maximum absolute atomic E-state index is 12.1. The molecule has 2 rings (SSSR count). The minimum atomic E-state index is -0.290. The Morgan fingerprint density at radius 1 is 1.17 bits per heavy atom. The van der Waals surface area contributed by atoms with Crippen LogP contribution >= 0.6 is 0 Å². The number of amides is 2. The van der Waals surface area contributed by atoms with E-state index in [9.17, 15) is 4.79 Å². The molecule has 0 radical (unpaired) electrons. The van der Waals surface area contributed by atoms with Crippen LogP contribution in [-0.2, 0) is 7.05 Å². The van der Waals surface area contributed by atoms with Crippen molar-refractivity contribution in [3.8, 4) is 0 Å². The predicted octanol–water partition coefficient (Wildman–Crippen LogP) is 3.53. The number of urea groups is 1. The number of hydrogen-bond acceptors (Lipinski definition) is 3. The molecule has 124 valence electrons. The number of carbonyl (C=O) groups is 1. The molecule has 6 heteroatoms. The number of carbonyl (C=O) groups excluding carboxylic acids is 1. The highest BCUT2D eigenvalue weighted by Gasteiger charge is 2.09. The van der Waals surface area contributed by atoms with E-state index in [0.29, 0.717) is 5.82 Å². The van der Waals surface area contributed by atoms with E-state index in [1.54, 1.807) is 4.68 Å². The molecule has 0 saturated heterocycles. The summed E-state index contributed by atoms with van der Waals surface area (Å²) in [6, 6.07) is 7.60. The van der Waals surface area contributed by atoms with E-state index in [4.69, 9.17) is 0 Å². The van der Waals surface area contributed by atoms with Gasteiger partial charge in [0.25, 0.3) is 0 Å². The van der Waals surface area contributed by atoms with Gasteiger partial charge in [0, 0.05) is 43.3 Å². The highest BCUT2D eigenvalue weighted by atomic mass is 16.2. The summed E-state index contributed by atoms with van der Waals surface area (Å²) in [5.74, 6) is 0.542. The molecule has 1 heterocycles. The summed E-state index contributed by atoms with van der Waals surface area (Å²) in [5.41, 5.74) is 3.98. The Bertz CT molecular complexity index is 669. The molecule has 0 fully saturated rings. The van der Waals surface area contributed by atoms with Gasteiger partial charge in [0.05, 0.1) is 0 Å². The maximum Gasteiger partial charge on any atom is 0.324 e. The number of anilines is 3. The van der Waals surface area contributed by atoms with Crippen LogP contribution in [0.4, 0.5) is 22.0 Å². The second-order valence-corrected chi connectivity index (χ2v) is 5.55. The van der Waals surface area contributed by atoms with E-state index in [0.717, 1.165) is 30.0 Å². The van der Waals surface area contributed by atoms with Crippen LogP contribution in [0.3, 0.4) is 0 Å². The fourth-order valence-corrected chi connectivity index (χ4v) is 2.47. The Labute approximate surface area is 137 Å². The summed E-state index contributed by atoms with van der Waals surface area (Å²) in [6.45, 7) is 10.1. The molecule has 0 unspecified atom stereocenters. The molecule has 1 aromatic heterocycles. The third-order valence-electron chi connectivity index (χ3n) is 3.94. The fraction of sp³-hybridized carbons (Fsp3) is 0.412. The van der Waals surface area contributed by atoms with Gasteiger partial charge in [-0.3, -0.25) is 10.00 Å². The van der Waals surface area contributed by atoms with E-state index >= 15 is 0 Å². The Morgan fingerprint density at radius 2 is 1.87 bits per heavy atom. The quantitative estimate of drug-likeness (QED) is 0.887. The zero-order valence-electron chi connectivity index (χ0n) is 14.5. The van der Waals surface area contributed by atoms with Crippen LogP contribution in [0.25, 0.3) is 0 Å². The van der Waals surface area contributed by atoms with Crippen molar-refractivity contribution in [2.24, 2.45) is 7.05 Å². The van der Waals surface area contributed by atoms with E-state index in [2.05, 4.69) is 40.5 Å². The van der Waals surface area contributed by atoms with Crippen molar-refractivity contribution in [3.05, 3.63) is 35.5 Å². The van der Waals surface area contributed by atoms with Crippen LogP contribution in [0.5, 0.6) is 0 Å². The first-order chi connectivity index (χ1) is 10.9. The summed E-state index contributed by atoms with van der Waals surface area (Å²) in [6.07, 6.45) is 0. The van der Waals surface area contributed by atoms with Crippen LogP contribution in [0.2, 0.25) is 0 Å². The first-order valence-corrected chi connectivity index (χ1v) is 7.88. The lowest BCUT2D eigenvalue weighted by atomic mass is 10.1. The fourth-order valence-electron chi connectivity index (χ4n) is 2.47. The zero-order chi connectivity index (χ0) is 17.0. The molecule has 0 aliphatic heterocycles. The second kappa shape index (κ2) is 7.17. The molecule has 0 spiro atoms. The Balaban J connectivity index is 2.06. The largest absolute Gasteiger partial charge is 0.372 e. The molecule has 2 N–H and O–H groups in total. The summed E-state index contributed by atoms with van der Waals surface area (Å²) >= 11 is 0. The van der Waals surface area contributed by atoms with E-state index in [1.165, 1.54) is 5.69 Å². The molecule has 2 amide bonds. The highest BCUT2D eigenvalue weighted by Crippen LogP contribution is 2.22. The van der Waals surface area contributed by atoms with Crippen molar-refractivity contribution in [1.82, 2.24) is 9.78 Å². The average Bonchev–Trinajstić information content (AvgIpc) is 2.81. The number of hydrogen-bond donors (Lipinski definition) is 2. The molecule has 1 aromatic carbocycles. The van der Waals surface area contributed by atoms with Crippen molar-refractivity contribution in [3.63, 3.8) is 0 Å². The summed E-state index contributed by atoms with van der Waals surface area (Å²) in [5, 5.41) is 9.83. The van der Waals surface area contributed by atoms with E-state index < -0.39 is 0 Å². The topological polar surface area (TPSA) is 62.2 Å². The third-order valence-corrected chi connectivity index (χ3v) is 3.94. The van der Waals surface area contributed by atoms with Gasteiger partial charge in [-0.15, -0.1) is 0 Å². The number of aromatic nitrogens is 2. The van der Waals surface area contributed by atoms with Crippen LogP contribution in [0, 0.1) is 13.8 Å². The third kappa shape index (κ3) is 4.03. The van der Waals surface area contributed by atoms with Gasteiger partial charge in [-0.25, -0.2) is 4.79 Å². The number of nitrogens with one attached hydrogen (secondary N) is 2. The zero-order valence-corrected chi connectivity index (χ0v) is 14.5. The molecule has 6 nitrogen and oxygen atoms in total. The summed E-state index contributed by atoms with van der Waals surface area (Å²) < 4.78 is 1.72. The summed E-state index contributed by atoms with van der Waals surface area (Å²) in [7, 11) is 1.84. The van der Waals surface area contributed by atoms with Gasteiger partial charge in [-0.1, -0.05) is 0 Å². The van der Waals surface area contributed by atoms with Gasteiger partial charge in [-0.05, 0) is 51.5 Å². The Kier molecular flexibility index (Phi) is 5.26. The molecule has 2 aromatic rings. The molecule has 0 saturated carbocycles. The van der Waals surface area contributed by atoms with Crippen LogP contribution in [-0.4, -0.2) is 28.9 Å². The van der Waals surface area contributed by atoms with Gasteiger partial charge < -0.3 is 10.2 Å². The minimum absolute atomic E-state index is 0.290. The number of benzene rings is 1. The molecule has 0 aliphatic rings. The van der Waals surface area contributed by atoms with Crippen molar-refractivity contribution in [2.75, 3.05) is 28.6 Å². The molecule has 0 aliphatic carbocycles. The minimum Gasteiger partial charge on any atom is -0.372 e. The number of aryl methyl sites for hydroxylation is 3. The standard InChI is InChI=1S/C17H25N5O/c1-6-22(7-2)14-8-9-15(12(3)10-14)18-17(23)19-16-11-13(4)21(5)20-16/h8-11H,6-7H2,1-5H3,(H2,18,19,20,23). The van der Waals surface area contributed by atoms with E-state index in [1.807, 2.05) is 39.1 Å². The SMILES string of the molecule is CCN(CC)c1ccc(NC(=O)Nc2cc(C)n(C)n2)c(C)c1. The Morgan fingerprint density at radius 3 is 2.39 bits per heavy atom. The second-order valence-electron chi connectivity index (χ2n) is 5.55. The normalized spacial score (nSPS) is 10.5. The lowest BCUT2D eigenvalue weighted by Crippen LogP contribution is -2.23. The van der Waals surface area contributed by atoms with Crippen molar-refractivity contribution < 1.29 is 4.79 Å². The summed E-state index contributed by atoms with van der Waals surface area (Å²) in [4.78, 5) is 14.4. The Hall–Kier alpha value is -2.50. The van der Waals surface area contributed by atoms with Gasteiger partial charge in [0.15, 0.2) is 5.82 Å². The highest BCUT2D eigenvalue weighted by molar-refractivity contribution is 5.99. The van der Waals surface area contributed by atoms with Crippen LogP contribution < -0.4 is 15.5 Å². The van der Waals surface area contributed by atoms with Crippen molar-refractivity contribution in [1.29, 1.82) is 0 Å². The molecular weight excluding hydrogens is 290 g/mol. The molecule has 0 atom stereocenters. The number of nitrogens with zero attached hydrogens (tertiary/aromatic N) is 3. The molecular formula is C17H25N5O. The lowest BCUT2D eigenvalue weighted by molar-refractivity contribution is 0.262. The first kappa shape index (κ1) is 16.9. The average molecular weight is 315 g/mol. The van der Waals surface area contributed by atoms with E-state index in [-0.39, 0.29) is 6.03 Å². The predicted molar refractivity (Wildman–Crippen MR) is 95.3 cm³/mol. The van der Waals surface area contributed by atoms with Gasteiger partial charge in [0.1, 0.15) is 0 Å². The lowest BCUT2D eigenvalue weighted by Gasteiger charge is -2.22. The van der Waals surface area contributed by atoms with Crippen LogP contribution in [0.1, 0.15) is 25.1 Å². The number of rotatable bonds is 5. The molecule has 0 bridgehead atoms.